The molecule has 6 nitrogen and oxygen atoms in total. The molecule has 7 heteroatoms. The minimum Gasteiger partial charge on any atom is -0.490 e. The standard InChI is InChI=1S/C14H14ClN3O3/c1-2-20-10-5-3-4-6-11(10)21-14-12(15)9(7-8-17-14)13(16)18-19/h3-8,19H,2H2,1H3,(H2,16,18). The van der Waals surface area contributed by atoms with Crippen LogP contribution in [0.15, 0.2) is 41.7 Å². The van der Waals surface area contributed by atoms with Gasteiger partial charge in [-0.3, -0.25) is 0 Å². The number of pyridine rings is 1. The fourth-order valence-electron chi connectivity index (χ4n) is 1.66. The Hall–Kier alpha value is -2.47. The second kappa shape index (κ2) is 6.81. The Morgan fingerprint density at radius 2 is 2.05 bits per heavy atom. The number of nitrogens with zero attached hydrogens (tertiary/aromatic N) is 2. The first kappa shape index (κ1) is 14.9. The zero-order chi connectivity index (χ0) is 15.2. The van der Waals surface area contributed by atoms with E-state index in [4.69, 9.17) is 32.0 Å². The van der Waals surface area contributed by atoms with Crippen molar-refractivity contribution in [2.24, 2.45) is 10.9 Å². The maximum Gasteiger partial charge on any atom is 0.239 e. The third-order valence-electron chi connectivity index (χ3n) is 2.60. The molecule has 2 aromatic rings. The summed E-state index contributed by atoms with van der Waals surface area (Å²) < 4.78 is 11.1. The van der Waals surface area contributed by atoms with Crippen LogP contribution in [0.5, 0.6) is 17.4 Å². The maximum absolute atomic E-state index is 8.73. The first-order chi connectivity index (χ1) is 10.2. The Labute approximate surface area is 126 Å². The van der Waals surface area contributed by atoms with Crippen molar-refractivity contribution in [1.82, 2.24) is 4.98 Å². The molecule has 1 aromatic carbocycles. The summed E-state index contributed by atoms with van der Waals surface area (Å²) in [4.78, 5) is 4.05. The van der Waals surface area contributed by atoms with E-state index >= 15 is 0 Å². The predicted octanol–water partition coefficient (Wildman–Crippen LogP) is 3.02. The van der Waals surface area contributed by atoms with Crippen LogP contribution in [0.3, 0.4) is 0 Å². The maximum atomic E-state index is 8.73. The molecule has 0 bridgehead atoms. The zero-order valence-electron chi connectivity index (χ0n) is 11.3. The molecule has 1 aromatic heterocycles. The van der Waals surface area contributed by atoms with Crippen molar-refractivity contribution < 1.29 is 14.7 Å². The molecule has 0 aliphatic carbocycles. The van der Waals surface area contributed by atoms with E-state index in [1.54, 1.807) is 18.2 Å². The molecule has 0 atom stereocenters. The molecule has 0 saturated heterocycles. The first-order valence-corrected chi connectivity index (χ1v) is 6.57. The van der Waals surface area contributed by atoms with Crippen LogP contribution >= 0.6 is 11.6 Å². The van der Waals surface area contributed by atoms with Gasteiger partial charge in [0.25, 0.3) is 0 Å². The monoisotopic (exact) mass is 307 g/mol. The molecule has 0 amide bonds. The lowest BCUT2D eigenvalue weighted by Gasteiger charge is -2.12. The van der Waals surface area contributed by atoms with Crippen molar-refractivity contribution in [3.05, 3.63) is 47.1 Å². The van der Waals surface area contributed by atoms with Gasteiger partial charge in [-0.1, -0.05) is 28.9 Å². The third kappa shape index (κ3) is 3.35. The van der Waals surface area contributed by atoms with E-state index in [0.29, 0.717) is 23.7 Å². The van der Waals surface area contributed by atoms with Gasteiger partial charge in [-0.15, -0.1) is 0 Å². The van der Waals surface area contributed by atoms with Crippen LogP contribution in [0.25, 0.3) is 0 Å². The number of aromatic nitrogens is 1. The lowest BCUT2D eigenvalue weighted by Crippen LogP contribution is -2.14. The number of hydrogen-bond acceptors (Lipinski definition) is 5. The number of benzene rings is 1. The van der Waals surface area contributed by atoms with Crippen molar-refractivity contribution in [3.63, 3.8) is 0 Å². The molecule has 0 fully saturated rings. The second-order valence-electron chi connectivity index (χ2n) is 3.94. The predicted molar refractivity (Wildman–Crippen MR) is 79.4 cm³/mol. The van der Waals surface area contributed by atoms with Gasteiger partial charge in [0.1, 0.15) is 5.02 Å². The number of para-hydroxylation sites is 2. The van der Waals surface area contributed by atoms with E-state index in [1.807, 2.05) is 13.0 Å². The van der Waals surface area contributed by atoms with E-state index in [1.165, 1.54) is 12.3 Å². The van der Waals surface area contributed by atoms with Gasteiger partial charge in [0.15, 0.2) is 17.3 Å². The highest BCUT2D eigenvalue weighted by molar-refractivity contribution is 6.35. The van der Waals surface area contributed by atoms with Crippen molar-refractivity contribution in [2.45, 2.75) is 6.92 Å². The van der Waals surface area contributed by atoms with Gasteiger partial charge in [-0.2, -0.15) is 0 Å². The molecule has 110 valence electrons. The summed E-state index contributed by atoms with van der Waals surface area (Å²) in [6.45, 7) is 2.38. The van der Waals surface area contributed by atoms with Crippen molar-refractivity contribution in [1.29, 1.82) is 0 Å². The number of ether oxygens (including phenoxy) is 2. The number of nitrogens with two attached hydrogens (primary N) is 1. The Balaban J connectivity index is 2.37. The molecular weight excluding hydrogens is 294 g/mol. The van der Waals surface area contributed by atoms with Crippen molar-refractivity contribution in [2.75, 3.05) is 6.61 Å². The first-order valence-electron chi connectivity index (χ1n) is 6.19. The van der Waals surface area contributed by atoms with Crippen LogP contribution < -0.4 is 15.2 Å². The van der Waals surface area contributed by atoms with E-state index in [0.717, 1.165) is 0 Å². The summed E-state index contributed by atoms with van der Waals surface area (Å²) in [5, 5.41) is 11.8. The van der Waals surface area contributed by atoms with Crippen molar-refractivity contribution in [3.8, 4) is 17.4 Å². The number of oxime groups is 1. The van der Waals surface area contributed by atoms with E-state index in [2.05, 4.69) is 10.1 Å². The Kier molecular flexibility index (Phi) is 4.84. The summed E-state index contributed by atoms with van der Waals surface area (Å²) in [7, 11) is 0. The van der Waals surface area contributed by atoms with Crippen LogP contribution in [0, 0.1) is 0 Å². The molecule has 0 radical (unpaired) electrons. The quantitative estimate of drug-likeness (QED) is 0.383. The van der Waals surface area contributed by atoms with Gasteiger partial charge in [-0.05, 0) is 25.1 Å². The van der Waals surface area contributed by atoms with Gasteiger partial charge in [-0.25, -0.2) is 4.98 Å². The Bertz CT molecular complexity index is 662. The summed E-state index contributed by atoms with van der Waals surface area (Å²) in [6, 6.07) is 8.68. The highest BCUT2D eigenvalue weighted by atomic mass is 35.5. The molecule has 1 heterocycles. The highest BCUT2D eigenvalue weighted by Crippen LogP contribution is 2.34. The van der Waals surface area contributed by atoms with E-state index in [-0.39, 0.29) is 16.7 Å². The van der Waals surface area contributed by atoms with Crippen LogP contribution in [0.4, 0.5) is 0 Å². The molecular formula is C14H14ClN3O3. The average molecular weight is 308 g/mol. The lowest BCUT2D eigenvalue weighted by atomic mass is 10.2. The minimum absolute atomic E-state index is 0.120. The number of rotatable bonds is 5. The Morgan fingerprint density at radius 1 is 1.33 bits per heavy atom. The molecule has 3 N–H and O–H groups in total. The van der Waals surface area contributed by atoms with E-state index in [9.17, 15) is 0 Å². The third-order valence-corrected chi connectivity index (χ3v) is 2.96. The van der Waals surface area contributed by atoms with Gasteiger partial charge in [0.2, 0.25) is 5.88 Å². The smallest absolute Gasteiger partial charge is 0.239 e. The summed E-state index contributed by atoms with van der Waals surface area (Å²) in [5.74, 6) is 1.08. The van der Waals surface area contributed by atoms with Gasteiger partial charge >= 0.3 is 0 Å². The lowest BCUT2D eigenvalue weighted by molar-refractivity contribution is 0.318. The molecule has 21 heavy (non-hydrogen) atoms. The van der Waals surface area contributed by atoms with Gasteiger partial charge in [0, 0.05) is 11.8 Å². The normalized spacial score (nSPS) is 11.2. The topological polar surface area (TPSA) is 90.0 Å². The van der Waals surface area contributed by atoms with E-state index < -0.39 is 0 Å². The summed E-state index contributed by atoms with van der Waals surface area (Å²) in [5.41, 5.74) is 5.87. The largest absolute Gasteiger partial charge is 0.490 e. The molecule has 2 rings (SSSR count). The highest BCUT2D eigenvalue weighted by Gasteiger charge is 2.14. The molecule has 0 spiro atoms. The zero-order valence-corrected chi connectivity index (χ0v) is 12.0. The summed E-state index contributed by atoms with van der Waals surface area (Å²) in [6.07, 6.45) is 1.46. The van der Waals surface area contributed by atoms with Crippen LogP contribution in [-0.2, 0) is 0 Å². The number of hydrogen-bond donors (Lipinski definition) is 2. The van der Waals surface area contributed by atoms with Crippen LogP contribution in [0.1, 0.15) is 12.5 Å². The fraction of sp³-hybridized carbons (Fsp3) is 0.143. The summed E-state index contributed by atoms with van der Waals surface area (Å²) >= 11 is 6.16. The number of halogens is 1. The second-order valence-corrected chi connectivity index (χ2v) is 4.32. The molecule has 0 unspecified atom stereocenters. The minimum atomic E-state index is -0.120. The SMILES string of the molecule is CCOc1ccccc1Oc1nccc(/C(N)=N/O)c1Cl. The Morgan fingerprint density at radius 3 is 2.71 bits per heavy atom. The number of amidine groups is 1. The van der Waals surface area contributed by atoms with Gasteiger partial charge < -0.3 is 20.4 Å². The fourth-order valence-corrected chi connectivity index (χ4v) is 1.91. The van der Waals surface area contributed by atoms with Crippen LogP contribution in [-0.4, -0.2) is 22.6 Å². The molecule has 0 aliphatic heterocycles. The average Bonchev–Trinajstić information content (AvgIpc) is 2.51. The van der Waals surface area contributed by atoms with Crippen LogP contribution in [0.2, 0.25) is 5.02 Å². The van der Waals surface area contributed by atoms with Crippen molar-refractivity contribution >= 4 is 17.4 Å². The van der Waals surface area contributed by atoms with Gasteiger partial charge in [0.05, 0.1) is 6.61 Å². The molecule has 0 saturated carbocycles. The molecule has 0 aliphatic rings.